The van der Waals surface area contributed by atoms with Crippen LogP contribution >= 0.6 is 11.6 Å². The van der Waals surface area contributed by atoms with Crippen LogP contribution in [0.2, 0.25) is 5.02 Å². The maximum atomic E-state index is 13.5. The number of fused-ring (bicyclic) bond motifs is 1. The zero-order valence-electron chi connectivity index (χ0n) is 17.3. The van der Waals surface area contributed by atoms with E-state index < -0.39 is 10.0 Å². The normalized spacial score (nSPS) is 15.6. The average molecular weight is 455 g/mol. The molecule has 7 heteroatoms. The summed E-state index contributed by atoms with van der Waals surface area (Å²) in [4.78, 5) is 15.2. The number of aryl methyl sites for hydroxylation is 1. The van der Waals surface area contributed by atoms with Gasteiger partial charge < -0.3 is 4.90 Å². The van der Waals surface area contributed by atoms with Gasteiger partial charge in [-0.2, -0.15) is 0 Å². The Morgan fingerprint density at radius 3 is 2.48 bits per heavy atom. The summed E-state index contributed by atoms with van der Waals surface area (Å²) in [5, 5.41) is 0.397. The van der Waals surface area contributed by atoms with Crippen molar-refractivity contribution in [3.63, 3.8) is 0 Å². The lowest BCUT2D eigenvalue weighted by atomic mass is 10.1. The Labute approximate surface area is 187 Å². The van der Waals surface area contributed by atoms with Crippen LogP contribution in [0.4, 0.5) is 11.4 Å². The van der Waals surface area contributed by atoms with Gasteiger partial charge in [-0.1, -0.05) is 53.6 Å². The molecule has 5 nitrogen and oxygen atoms in total. The SMILES string of the molecule is Cc1ccc(S(=O)(=O)N(CC(=O)N2c3ccccc3CC2C)c2cccc(Cl)c2)cc1. The Kier molecular flexibility index (Phi) is 5.77. The summed E-state index contributed by atoms with van der Waals surface area (Å²) in [7, 11) is -3.98. The largest absolute Gasteiger partial charge is 0.307 e. The van der Waals surface area contributed by atoms with E-state index in [1.165, 1.54) is 0 Å². The number of benzene rings is 3. The summed E-state index contributed by atoms with van der Waals surface area (Å²) in [5.74, 6) is -0.284. The molecule has 31 heavy (non-hydrogen) atoms. The predicted octanol–water partition coefficient (Wildman–Crippen LogP) is 4.82. The number of hydrogen-bond acceptors (Lipinski definition) is 3. The Morgan fingerprint density at radius 1 is 1.06 bits per heavy atom. The van der Waals surface area contributed by atoms with Gasteiger partial charge in [0.25, 0.3) is 10.0 Å². The first-order chi connectivity index (χ1) is 14.8. The Bertz CT molecular complexity index is 1230. The van der Waals surface area contributed by atoms with Crippen molar-refractivity contribution >= 4 is 38.9 Å². The van der Waals surface area contributed by atoms with E-state index in [9.17, 15) is 13.2 Å². The van der Waals surface area contributed by atoms with Gasteiger partial charge in [0, 0.05) is 16.8 Å². The van der Waals surface area contributed by atoms with Crippen molar-refractivity contribution in [1.82, 2.24) is 0 Å². The highest BCUT2D eigenvalue weighted by atomic mass is 35.5. The number of carbonyl (C=O) groups is 1. The van der Waals surface area contributed by atoms with E-state index in [4.69, 9.17) is 11.6 Å². The lowest BCUT2D eigenvalue weighted by molar-refractivity contribution is -0.117. The highest BCUT2D eigenvalue weighted by molar-refractivity contribution is 7.92. The maximum absolute atomic E-state index is 13.5. The van der Waals surface area contributed by atoms with Crippen LogP contribution in [0.15, 0.2) is 77.7 Å². The summed E-state index contributed by atoms with van der Waals surface area (Å²) in [6.45, 7) is 3.53. The minimum absolute atomic E-state index is 0.0480. The fraction of sp³-hybridized carbons (Fsp3) is 0.208. The summed E-state index contributed by atoms with van der Waals surface area (Å²) in [6.07, 6.45) is 0.740. The molecule has 3 aromatic carbocycles. The van der Waals surface area contributed by atoms with Gasteiger partial charge in [-0.3, -0.25) is 9.10 Å². The zero-order chi connectivity index (χ0) is 22.2. The van der Waals surface area contributed by atoms with Crippen LogP contribution in [0.1, 0.15) is 18.1 Å². The molecule has 3 aromatic rings. The number of carbonyl (C=O) groups excluding carboxylic acids is 1. The van der Waals surface area contributed by atoms with Crippen molar-refractivity contribution in [2.45, 2.75) is 31.2 Å². The summed E-state index contributed by atoms with van der Waals surface area (Å²) in [5.41, 5.74) is 3.21. The van der Waals surface area contributed by atoms with E-state index in [1.807, 2.05) is 38.1 Å². The van der Waals surface area contributed by atoms with Crippen molar-refractivity contribution in [3.05, 3.63) is 88.9 Å². The second-order valence-electron chi connectivity index (χ2n) is 7.75. The topological polar surface area (TPSA) is 57.7 Å². The van der Waals surface area contributed by atoms with Gasteiger partial charge in [0.1, 0.15) is 6.54 Å². The quantitative estimate of drug-likeness (QED) is 0.555. The maximum Gasteiger partial charge on any atom is 0.264 e. The van der Waals surface area contributed by atoms with Crippen molar-refractivity contribution in [2.24, 2.45) is 0 Å². The van der Waals surface area contributed by atoms with E-state index in [-0.39, 0.29) is 23.4 Å². The van der Waals surface area contributed by atoms with Gasteiger partial charge >= 0.3 is 0 Å². The number of sulfonamides is 1. The van der Waals surface area contributed by atoms with E-state index in [1.54, 1.807) is 53.4 Å². The van der Waals surface area contributed by atoms with Crippen molar-refractivity contribution in [2.75, 3.05) is 15.7 Å². The molecule has 0 radical (unpaired) electrons. The smallest absolute Gasteiger partial charge is 0.264 e. The number of halogens is 1. The first-order valence-electron chi connectivity index (χ1n) is 10.0. The fourth-order valence-electron chi connectivity index (χ4n) is 3.93. The van der Waals surface area contributed by atoms with E-state index in [2.05, 4.69) is 0 Å². The van der Waals surface area contributed by atoms with E-state index in [0.29, 0.717) is 10.7 Å². The lowest BCUT2D eigenvalue weighted by Gasteiger charge is -2.29. The first kappa shape index (κ1) is 21.4. The van der Waals surface area contributed by atoms with Gasteiger partial charge in [-0.15, -0.1) is 0 Å². The minimum Gasteiger partial charge on any atom is -0.307 e. The van der Waals surface area contributed by atoms with Gasteiger partial charge in [0.2, 0.25) is 5.91 Å². The van der Waals surface area contributed by atoms with Gasteiger partial charge in [0.15, 0.2) is 0 Å². The second kappa shape index (κ2) is 8.36. The van der Waals surface area contributed by atoms with Crippen LogP contribution in [0.25, 0.3) is 0 Å². The van der Waals surface area contributed by atoms with Crippen LogP contribution in [0, 0.1) is 6.92 Å². The molecule has 0 aliphatic carbocycles. The average Bonchev–Trinajstić information content (AvgIpc) is 3.07. The number of nitrogens with zero attached hydrogens (tertiary/aromatic N) is 2. The molecule has 1 heterocycles. The molecule has 0 saturated heterocycles. The summed E-state index contributed by atoms with van der Waals surface area (Å²) >= 11 is 6.14. The number of amides is 1. The standard InChI is InChI=1S/C24H23ClN2O3S/c1-17-10-12-22(13-11-17)31(29,30)26(21-8-5-7-20(25)15-21)16-24(28)27-18(2)14-19-6-3-4-9-23(19)27/h3-13,15,18H,14,16H2,1-2H3. The third kappa shape index (κ3) is 4.18. The van der Waals surface area contributed by atoms with Gasteiger partial charge in [-0.05, 0) is 62.2 Å². The molecular formula is C24H23ClN2O3S. The van der Waals surface area contributed by atoms with Crippen molar-refractivity contribution < 1.29 is 13.2 Å². The molecule has 0 saturated carbocycles. The number of para-hydroxylation sites is 1. The first-order valence-corrected chi connectivity index (χ1v) is 11.8. The predicted molar refractivity (Wildman–Crippen MR) is 124 cm³/mol. The second-order valence-corrected chi connectivity index (χ2v) is 10.0. The number of anilines is 2. The minimum atomic E-state index is -3.98. The molecule has 1 unspecified atom stereocenters. The number of hydrogen-bond donors (Lipinski definition) is 0. The third-order valence-electron chi connectivity index (χ3n) is 5.46. The monoisotopic (exact) mass is 454 g/mol. The molecule has 0 aromatic heterocycles. The highest BCUT2D eigenvalue weighted by Gasteiger charge is 2.34. The van der Waals surface area contributed by atoms with Crippen LogP contribution in [0.5, 0.6) is 0 Å². The molecule has 0 fully saturated rings. The Balaban J connectivity index is 1.74. The van der Waals surface area contributed by atoms with Crippen molar-refractivity contribution in [1.29, 1.82) is 0 Å². The van der Waals surface area contributed by atoms with Crippen LogP contribution in [-0.2, 0) is 21.2 Å². The molecule has 4 rings (SSSR count). The Morgan fingerprint density at radius 2 is 1.77 bits per heavy atom. The summed E-state index contributed by atoms with van der Waals surface area (Å²) < 4.78 is 28.2. The zero-order valence-corrected chi connectivity index (χ0v) is 18.9. The van der Waals surface area contributed by atoms with Gasteiger partial charge in [0.05, 0.1) is 10.6 Å². The number of rotatable bonds is 5. The molecular weight excluding hydrogens is 432 g/mol. The Hall–Kier alpha value is -2.83. The van der Waals surface area contributed by atoms with Crippen LogP contribution in [-0.4, -0.2) is 26.9 Å². The fourth-order valence-corrected chi connectivity index (χ4v) is 5.52. The molecule has 1 aliphatic heterocycles. The molecule has 1 amide bonds. The molecule has 1 aliphatic rings. The molecule has 0 bridgehead atoms. The highest BCUT2D eigenvalue weighted by Crippen LogP contribution is 2.33. The van der Waals surface area contributed by atoms with Crippen LogP contribution < -0.4 is 9.21 Å². The molecule has 160 valence electrons. The lowest BCUT2D eigenvalue weighted by Crippen LogP contribution is -2.45. The molecule has 1 atom stereocenters. The van der Waals surface area contributed by atoms with E-state index >= 15 is 0 Å². The third-order valence-corrected chi connectivity index (χ3v) is 7.48. The summed E-state index contributed by atoms with van der Waals surface area (Å²) in [6, 6.07) is 20.8. The van der Waals surface area contributed by atoms with Crippen molar-refractivity contribution in [3.8, 4) is 0 Å². The molecule has 0 N–H and O–H groups in total. The van der Waals surface area contributed by atoms with Crippen LogP contribution in [0.3, 0.4) is 0 Å². The van der Waals surface area contributed by atoms with E-state index in [0.717, 1.165) is 27.5 Å². The molecule has 0 spiro atoms. The van der Waals surface area contributed by atoms with Gasteiger partial charge in [-0.25, -0.2) is 8.42 Å².